The maximum absolute atomic E-state index is 12.5. The van der Waals surface area contributed by atoms with Crippen LogP contribution < -0.4 is 10.6 Å². The normalized spacial score (nSPS) is 11.5. The quantitative estimate of drug-likeness (QED) is 0.639. The van der Waals surface area contributed by atoms with Crippen molar-refractivity contribution in [1.29, 1.82) is 0 Å². The molecule has 0 unspecified atom stereocenters. The molecule has 4 nitrogen and oxygen atoms in total. The van der Waals surface area contributed by atoms with Crippen LogP contribution in [0, 0.1) is 6.92 Å². The number of benzene rings is 2. The zero-order chi connectivity index (χ0) is 17.3. The van der Waals surface area contributed by atoms with Crippen molar-refractivity contribution in [2.75, 3.05) is 10.6 Å². The van der Waals surface area contributed by atoms with Crippen LogP contribution in [0.4, 0.5) is 24.7 Å². The number of hydrogen-bond donors (Lipinski definition) is 2. The molecule has 0 saturated heterocycles. The van der Waals surface area contributed by atoms with Gasteiger partial charge in [0.25, 0.3) is 0 Å². The summed E-state index contributed by atoms with van der Waals surface area (Å²) < 4.78 is 42.8. The molecule has 3 rings (SSSR count). The number of nitrogens with zero attached hydrogens (tertiary/aromatic N) is 1. The van der Waals surface area contributed by atoms with Gasteiger partial charge in [-0.25, -0.2) is 0 Å². The van der Waals surface area contributed by atoms with Gasteiger partial charge in [0.1, 0.15) is 0 Å². The van der Waals surface area contributed by atoms with Crippen molar-refractivity contribution in [3.8, 4) is 0 Å². The number of aromatic nitrogens is 1. The van der Waals surface area contributed by atoms with Crippen molar-refractivity contribution in [3.63, 3.8) is 0 Å². The molecule has 0 radical (unpaired) electrons. The van der Waals surface area contributed by atoms with E-state index in [-0.39, 0.29) is 5.11 Å². The lowest BCUT2D eigenvalue weighted by Crippen LogP contribution is -2.19. The molecule has 1 aromatic heterocycles. The molecule has 0 amide bonds. The summed E-state index contributed by atoms with van der Waals surface area (Å²) in [5, 5.41) is 10.6. The van der Waals surface area contributed by atoms with Crippen LogP contribution in [0.3, 0.4) is 0 Å². The third-order valence-electron chi connectivity index (χ3n) is 3.33. The van der Waals surface area contributed by atoms with Crippen LogP contribution in [0.15, 0.2) is 47.0 Å². The average Bonchev–Trinajstić information content (AvgIpc) is 2.89. The fourth-order valence-corrected chi connectivity index (χ4v) is 2.37. The van der Waals surface area contributed by atoms with Crippen LogP contribution >= 0.6 is 12.2 Å². The van der Waals surface area contributed by atoms with Crippen molar-refractivity contribution in [2.24, 2.45) is 0 Å². The molecule has 124 valence electrons. The summed E-state index contributed by atoms with van der Waals surface area (Å²) >= 11 is 5.16. The molecule has 0 saturated carbocycles. The fraction of sp³-hybridized carbons (Fsp3) is 0.125. The number of anilines is 2. The van der Waals surface area contributed by atoms with E-state index in [1.165, 1.54) is 12.1 Å². The van der Waals surface area contributed by atoms with Gasteiger partial charge >= 0.3 is 6.18 Å². The Bertz CT molecular complexity index is 888. The molecule has 0 aliphatic carbocycles. The van der Waals surface area contributed by atoms with E-state index in [9.17, 15) is 13.2 Å². The molecule has 0 spiro atoms. The number of fused-ring (bicyclic) bond motifs is 1. The molecule has 0 atom stereocenters. The minimum atomic E-state index is -4.37. The number of alkyl halides is 3. The predicted octanol–water partition coefficient (Wildman–Crippen LogP) is 4.96. The summed E-state index contributed by atoms with van der Waals surface area (Å²) in [7, 11) is 0. The maximum Gasteiger partial charge on any atom is 0.416 e. The third-order valence-corrected chi connectivity index (χ3v) is 3.53. The monoisotopic (exact) mass is 351 g/mol. The summed E-state index contributed by atoms with van der Waals surface area (Å²) in [5.41, 5.74) is 1.37. The fourth-order valence-electron chi connectivity index (χ4n) is 2.16. The van der Waals surface area contributed by atoms with Gasteiger partial charge in [0, 0.05) is 5.69 Å². The molecule has 0 aliphatic rings. The maximum atomic E-state index is 12.5. The van der Waals surface area contributed by atoms with E-state index in [0.717, 1.165) is 23.1 Å². The second kappa shape index (κ2) is 6.12. The van der Waals surface area contributed by atoms with Gasteiger partial charge in [0.15, 0.2) is 16.5 Å². The zero-order valence-corrected chi connectivity index (χ0v) is 13.3. The SMILES string of the molecule is Cc1ccc2onc(NC(=S)Nc3ccc(C(F)(F)F)cc3)c2c1. The molecule has 1 heterocycles. The first-order valence-corrected chi connectivity index (χ1v) is 7.35. The van der Waals surface area contributed by atoms with Gasteiger partial charge in [0.2, 0.25) is 0 Å². The van der Waals surface area contributed by atoms with Gasteiger partial charge < -0.3 is 15.2 Å². The van der Waals surface area contributed by atoms with Crippen molar-refractivity contribution >= 4 is 39.8 Å². The Morgan fingerprint density at radius 1 is 1.08 bits per heavy atom. The van der Waals surface area contributed by atoms with E-state index in [1.807, 2.05) is 19.1 Å². The zero-order valence-electron chi connectivity index (χ0n) is 12.4. The van der Waals surface area contributed by atoms with E-state index < -0.39 is 11.7 Å². The van der Waals surface area contributed by atoms with Crippen LogP contribution in [0.2, 0.25) is 0 Å². The number of rotatable bonds is 2. The van der Waals surface area contributed by atoms with Crippen LogP contribution in [0.1, 0.15) is 11.1 Å². The smallest absolute Gasteiger partial charge is 0.354 e. The molecule has 2 aromatic carbocycles. The van der Waals surface area contributed by atoms with Crippen molar-refractivity contribution in [3.05, 3.63) is 53.6 Å². The average molecular weight is 351 g/mol. The largest absolute Gasteiger partial charge is 0.416 e. The second-order valence-electron chi connectivity index (χ2n) is 5.19. The van der Waals surface area contributed by atoms with Crippen molar-refractivity contribution in [2.45, 2.75) is 13.1 Å². The number of hydrogen-bond acceptors (Lipinski definition) is 3. The molecule has 0 bridgehead atoms. The highest BCUT2D eigenvalue weighted by molar-refractivity contribution is 7.80. The summed E-state index contributed by atoms with van der Waals surface area (Å²) in [6.45, 7) is 1.94. The summed E-state index contributed by atoms with van der Waals surface area (Å²) in [4.78, 5) is 0. The third kappa shape index (κ3) is 3.48. The Hall–Kier alpha value is -2.61. The Kier molecular flexibility index (Phi) is 4.15. The highest BCUT2D eigenvalue weighted by Gasteiger charge is 2.29. The van der Waals surface area contributed by atoms with Crippen LogP contribution in [-0.4, -0.2) is 10.3 Å². The molecular formula is C16H12F3N3OS. The Balaban J connectivity index is 1.72. The highest BCUT2D eigenvalue weighted by Crippen LogP contribution is 2.30. The van der Waals surface area contributed by atoms with Gasteiger partial charge in [-0.3, -0.25) is 0 Å². The first-order chi connectivity index (χ1) is 11.3. The van der Waals surface area contributed by atoms with Crippen molar-refractivity contribution < 1.29 is 17.7 Å². The lowest BCUT2D eigenvalue weighted by atomic mass is 10.2. The van der Waals surface area contributed by atoms with E-state index in [1.54, 1.807) is 6.07 Å². The Morgan fingerprint density at radius 3 is 2.46 bits per heavy atom. The van der Waals surface area contributed by atoms with Crippen LogP contribution in [-0.2, 0) is 6.18 Å². The molecule has 0 fully saturated rings. The Labute approximate surface area is 140 Å². The molecule has 2 N–H and O–H groups in total. The summed E-state index contributed by atoms with van der Waals surface area (Å²) in [5.74, 6) is 0.443. The predicted molar refractivity (Wildman–Crippen MR) is 90.0 cm³/mol. The summed E-state index contributed by atoms with van der Waals surface area (Å²) in [6, 6.07) is 10.2. The van der Waals surface area contributed by atoms with Crippen LogP contribution in [0.25, 0.3) is 11.0 Å². The number of nitrogens with one attached hydrogen (secondary N) is 2. The van der Waals surface area contributed by atoms with Crippen LogP contribution in [0.5, 0.6) is 0 Å². The minimum Gasteiger partial charge on any atom is -0.354 e. The first kappa shape index (κ1) is 16.3. The number of halogens is 3. The van der Waals surface area contributed by atoms with Gasteiger partial charge in [-0.05, 0) is 55.5 Å². The van der Waals surface area contributed by atoms with Gasteiger partial charge in [-0.15, -0.1) is 0 Å². The molecule has 3 aromatic rings. The lowest BCUT2D eigenvalue weighted by Gasteiger charge is -2.10. The topological polar surface area (TPSA) is 50.1 Å². The van der Waals surface area contributed by atoms with E-state index >= 15 is 0 Å². The minimum absolute atomic E-state index is 0.200. The van der Waals surface area contributed by atoms with E-state index in [0.29, 0.717) is 17.1 Å². The molecule has 24 heavy (non-hydrogen) atoms. The standard InChI is InChI=1S/C16H12F3N3OS/c1-9-2-7-13-12(8-9)14(22-23-13)21-15(24)20-11-5-3-10(4-6-11)16(17,18)19/h2-8H,1H3,(H2,20,21,22,24). The van der Waals surface area contributed by atoms with Gasteiger partial charge in [-0.2, -0.15) is 13.2 Å². The van der Waals surface area contributed by atoms with E-state index in [4.69, 9.17) is 16.7 Å². The van der Waals surface area contributed by atoms with Gasteiger partial charge in [-0.1, -0.05) is 16.8 Å². The van der Waals surface area contributed by atoms with Crippen molar-refractivity contribution in [1.82, 2.24) is 5.16 Å². The summed E-state index contributed by atoms with van der Waals surface area (Å²) in [6.07, 6.45) is -4.37. The van der Waals surface area contributed by atoms with Gasteiger partial charge in [0.05, 0.1) is 10.9 Å². The first-order valence-electron chi connectivity index (χ1n) is 6.94. The molecular weight excluding hydrogens is 339 g/mol. The number of thiocarbonyl (C=S) groups is 1. The Morgan fingerprint density at radius 2 is 1.79 bits per heavy atom. The molecule has 8 heteroatoms. The van der Waals surface area contributed by atoms with E-state index in [2.05, 4.69) is 15.8 Å². The second-order valence-corrected chi connectivity index (χ2v) is 5.59. The number of aryl methyl sites for hydroxylation is 1. The lowest BCUT2D eigenvalue weighted by molar-refractivity contribution is -0.137. The highest BCUT2D eigenvalue weighted by atomic mass is 32.1. The molecule has 0 aliphatic heterocycles.